The molecule has 0 spiro atoms. The SMILES string of the molecule is C=CC(=O)N1CCN(c2nc(NC=CC(=O)NCc3ccc(-n4c(O)nnc4-c4ccc(O)cc4O)cc3)nc3c2CCN(c2cccc4ccccc24)C3)C[C@H]1CC#N. The van der Waals surface area contributed by atoms with Crippen LogP contribution in [0.5, 0.6) is 17.5 Å². The fourth-order valence-corrected chi connectivity index (χ4v) is 7.76. The Morgan fingerprint density at radius 1 is 0.933 bits per heavy atom. The number of phenolic OH excluding ortho intramolecular Hbond substituents is 2. The van der Waals surface area contributed by atoms with Crippen LogP contribution < -0.4 is 20.4 Å². The molecule has 0 aliphatic carbocycles. The first kappa shape index (κ1) is 38.9. The number of carbonyl (C=O) groups excluding carboxylic acids is 2. The van der Waals surface area contributed by atoms with E-state index in [1.807, 2.05) is 12.1 Å². The molecule has 2 aliphatic heterocycles. The standard InChI is InChI=1S/C44H41N11O5/c1-2-40(59)54-23-22-53(26-31(54)16-19-45)41-34-18-21-52(37-9-5-7-29-6-3-4-8-33(29)37)27-36(34)48-43(49-41)46-20-17-39(58)47-25-28-10-12-30(13-11-28)55-42(50-51-44(55)60)35-15-14-32(56)24-38(35)57/h2-15,17,20,24,31,56-57H,1,16,18,21-23,25-27H2,(H,47,58)(H,51,60)(H,46,48,49)/t31-/m1/s1. The molecule has 0 saturated carbocycles. The Kier molecular flexibility index (Phi) is 11.0. The minimum Gasteiger partial charge on any atom is -0.508 e. The molecule has 1 atom stereocenters. The van der Waals surface area contributed by atoms with Crippen LogP contribution >= 0.6 is 0 Å². The maximum absolute atomic E-state index is 13.0. The molecule has 4 heterocycles. The largest absolute Gasteiger partial charge is 0.508 e. The first-order valence-electron chi connectivity index (χ1n) is 19.3. The number of fused-ring (bicyclic) bond motifs is 2. The summed E-state index contributed by atoms with van der Waals surface area (Å²) in [6.07, 6.45) is 4.98. The summed E-state index contributed by atoms with van der Waals surface area (Å²) in [6.45, 7) is 6.48. The summed E-state index contributed by atoms with van der Waals surface area (Å²) in [4.78, 5) is 41.6. The summed E-state index contributed by atoms with van der Waals surface area (Å²) >= 11 is 0. The van der Waals surface area contributed by atoms with Crippen LogP contribution in [0.25, 0.3) is 27.8 Å². The van der Waals surface area contributed by atoms with E-state index in [-0.39, 0.29) is 59.7 Å². The van der Waals surface area contributed by atoms with Crippen LogP contribution in [-0.2, 0) is 29.1 Å². The average Bonchev–Trinajstić information content (AvgIpc) is 3.65. The van der Waals surface area contributed by atoms with Crippen molar-refractivity contribution < 1.29 is 24.9 Å². The molecule has 2 aromatic heterocycles. The van der Waals surface area contributed by atoms with Gasteiger partial charge in [0, 0.05) is 67.7 Å². The molecule has 1 fully saturated rings. The van der Waals surface area contributed by atoms with Gasteiger partial charge in [0.05, 0.1) is 42.0 Å². The summed E-state index contributed by atoms with van der Waals surface area (Å²) in [6, 6.07) is 27.1. The number of amides is 2. The molecule has 5 N–H and O–H groups in total. The molecule has 2 amide bonds. The Bertz CT molecular complexity index is 2670. The highest BCUT2D eigenvalue weighted by Crippen LogP contribution is 2.36. The van der Waals surface area contributed by atoms with E-state index in [1.165, 1.54) is 41.1 Å². The zero-order chi connectivity index (χ0) is 41.8. The van der Waals surface area contributed by atoms with Gasteiger partial charge in [-0.1, -0.05) is 60.2 Å². The Labute approximate surface area is 345 Å². The van der Waals surface area contributed by atoms with Crippen molar-refractivity contribution in [2.75, 3.05) is 41.3 Å². The third kappa shape index (κ3) is 7.96. The van der Waals surface area contributed by atoms with Gasteiger partial charge in [0.15, 0.2) is 5.82 Å². The Balaban J connectivity index is 0.982. The van der Waals surface area contributed by atoms with Crippen molar-refractivity contribution in [3.05, 3.63) is 127 Å². The minimum atomic E-state index is -0.390. The van der Waals surface area contributed by atoms with Gasteiger partial charge in [0.25, 0.3) is 0 Å². The third-order valence-electron chi connectivity index (χ3n) is 10.7. The predicted molar refractivity (Wildman–Crippen MR) is 225 cm³/mol. The van der Waals surface area contributed by atoms with E-state index in [1.54, 1.807) is 29.2 Å². The molecule has 16 heteroatoms. The van der Waals surface area contributed by atoms with Gasteiger partial charge in [0.1, 0.15) is 17.3 Å². The summed E-state index contributed by atoms with van der Waals surface area (Å²) in [5.41, 5.74) is 4.52. The van der Waals surface area contributed by atoms with Crippen LogP contribution in [-0.4, -0.2) is 89.0 Å². The molecule has 0 unspecified atom stereocenters. The highest BCUT2D eigenvalue weighted by Gasteiger charge is 2.33. The van der Waals surface area contributed by atoms with Gasteiger partial charge in [-0.3, -0.25) is 9.59 Å². The number of hydrogen-bond donors (Lipinski definition) is 5. The maximum Gasteiger partial charge on any atom is 0.319 e. The van der Waals surface area contributed by atoms with Crippen LogP contribution in [0, 0.1) is 11.3 Å². The van der Waals surface area contributed by atoms with Gasteiger partial charge in [-0.15, -0.1) is 5.10 Å². The number of anilines is 3. The maximum atomic E-state index is 13.0. The zero-order valence-electron chi connectivity index (χ0n) is 32.4. The van der Waals surface area contributed by atoms with Gasteiger partial charge in [-0.25, -0.2) is 9.55 Å². The summed E-state index contributed by atoms with van der Waals surface area (Å²) in [5, 5.41) is 56.1. The number of nitriles is 1. The number of nitrogens with one attached hydrogen (secondary N) is 2. The van der Waals surface area contributed by atoms with Crippen molar-refractivity contribution in [1.82, 2.24) is 34.9 Å². The van der Waals surface area contributed by atoms with Crippen LogP contribution in [0.15, 0.2) is 110 Å². The number of benzene rings is 4. The van der Waals surface area contributed by atoms with E-state index < -0.39 is 0 Å². The fourth-order valence-electron chi connectivity index (χ4n) is 7.76. The van der Waals surface area contributed by atoms with Crippen molar-refractivity contribution in [1.29, 1.82) is 5.26 Å². The van der Waals surface area contributed by atoms with Crippen LogP contribution in [0.1, 0.15) is 23.2 Å². The van der Waals surface area contributed by atoms with Crippen LogP contribution in [0.3, 0.4) is 0 Å². The number of rotatable bonds is 11. The van der Waals surface area contributed by atoms with Crippen molar-refractivity contribution >= 4 is 40.0 Å². The molecule has 4 aromatic carbocycles. The second kappa shape index (κ2) is 16.9. The van der Waals surface area contributed by atoms with Gasteiger partial charge in [-0.05, 0) is 53.8 Å². The molecule has 6 aromatic rings. The van der Waals surface area contributed by atoms with E-state index in [0.29, 0.717) is 44.2 Å². The van der Waals surface area contributed by atoms with Gasteiger partial charge in [-0.2, -0.15) is 10.2 Å². The van der Waals surface area contributed by atoms with E-state index in [4.69, 9.17) is 9.97 Å². The topological polar surface area (TPSA) is 209 Å². The minimum absolute atomic E-state index is 0.120. The van der Waals surface area contributed by atoms with E-state index in [2.05, 4.69) is 73.6 Å². The molecule has 16 nitrogen and oxygen atoms in total. The molecule has 0 radical (unpaired) electrons. The van der Waals surface area contributed by atoms with Gasteiger partial charge < -0.3 is 40.7 Å². The number of aromatic hydroxyl groups is 3. The number of piperazine rings is 1. The Morgan fingerprint density at radius 3 is 2.55 bits per heavy atom. The number of carbonyl (C=O) groups is 2. The lowest BCUT2D eigenvalue weighted by atomic mass is 10.0. The van der Waals surface area contributed by atoms with E-state index in [9.17, 15) is 30.2 Å². The lowest BCUT2D eigenvalue weighted by molar-refractivity contribution is -0.128. The summed E-state index contributed by atoms with van der Waals surface area (Å²) in [5.74, 6) is 0.300. The molecular formula is C44H41N11O5. The Hall–Kier alpha value is -7.93. The highest BCUT2D eigenvalue weighted by molar-refractivity contribution is 5.94. The highest BCUT2D eigenvalue weighted by atomic mass is 16.3. The third-order valence-corrected chi connectivity index (χ3v) is 10.7. The first-order chi connectivity index (χ1) is 29.2. The normalized spacial score (nSPS) is 15.1. The molecule has 2 aliphatic rings. The number of phenols is 2. The second-order valence-corrected chi connectivity index (χ2v) is 14.4. The van der Waals surface area contributed by atoms with Crippen molar-refractivity contribution in [2.24, 2.45) is 0 Å². The zero-order valence-corrected chi connectivity index (χ0v) is 32.4. The predicted octanol–water partition coefficient (Wildman–Crippen LogP) is 4.92. The van der Waals surface area contributed by atoms with Gasteiger partial charge >= 0.3 is 6.01 Å². The van der Waals surface area contributed by atoms with Crippen molar-refractivity contribution in [3.63, 3.8) is 0 Å². The molecule has 0 bridgehead atoms. The van der Waals surface area contributed by atoms with E-state index in [0.717, 1.165) is 45.6 Å². The number of aromatic nitrogens is 5. The molecule has 302 valence electrons. The lowest BCUT2D eigenvalue weighted by Crippen LogP contribution is -2.55. The molecule has 1 saturated heterocycles. The molecular weight excluding hydrogens is 763 g/mol. The van der Waals surface area contributed by atoms with E-state index >= 15 is 0 Å². The van der Waals surface area contributed by atoms with Crippen LogP contribution in [0.4, 0.5) is 17.5 Å². The number of nitrogens with zero attached hydrogens (tertiary/aromatic N) is 9. The van der Waals surface area contributed by atoms with Crippen molar-refractivity contribution in [2.45, 2.75) is 32.0 Å². The monoisotopic (exact) mass is 803 g/mol. The fraction of sp³-hybridized carbons (Fsp3) is 0.205. The Morgan fingerprint density at radius 2 is 1.75 bits per heavy atom. The average molecular weight is 804 g/mol. The first-order valence-corrected chi connectivity index (χ1v) is 19.3. The molecule has 8 rings (SSSR count). The quantitative estimate of drug-likeness (QED) is 0.110. The molecule has 60 heavy (non-hydrogen) atoms. The lowest BCUT2D eigenvalue weighted by Gasteiger charge is -2.42. The van der Waals surface area contributed by atoms with Crippen molar-refractivity contribution in [3.8, 4) is 40.7 Å². The second-order valence-electron chi connectivity index (χ2n) is 14.4. The smallest absolute Gasteiger partial charge is 0.319 e. The van der Waals surface area contributed by atoms with Crippen LogP contribution in [0.2, 0.25) is 0 Å². The summed E-state index contributed by atoms with van der Waals surface area (Å²) in [7, 11) is 0. The van der Waals surface area contributed by atoms with Gasteiger partial charge in [0.2, 0.25) is 17.8 Å². The summed E-state index contributed by atoms with van der Waals surface area (Å²) < 4.78 is 1.35. The number of hydrogen-bond acceptors (Lipinski definition) is 13.